The van der Waals surface area contributed by atoms with Crippen molar-refractivity contribution in [2.24, 2.45) is 0 Å². The number of benzene rings is 2. The van der Waals surface area contributed by atoms with Gasteiger partial charge in [-0.25, -0.2) is 4.79 Å². The summed E-state index contributed by atoms with van der Waals surface area (Å²) in [4.78, 5) is 13.2. The fourth-order valence-electron chi connectivity index (χ4n) is 4.70. The van der Waals surface area contributed by atoms with Gasteiger partial charge in [0.15, 0.2) is 5.58 Å². The fourth-order valence-corrected chi connectivity index (χ4v) is 4.70. The molecule has 0 saturated heterocycles. The van der Waals surface area contributed by atoms with Gasteiger partial charge in [0.1, 0.15) is 28.2 Å². The van der Waals surface area contributed by atoms with Crippen LogP contribution in [0.2, 0.25) is 0 Å². The minimum Gasteiger partial charge on any atom is -0.507 e. The number of aliphatic hydroxyl groups is 2. The smallest absolute Gasteiger partial charge is 0.348 e. The molecule has 2 aromatic heterocycles. The van der Waals surface area contributed by atoms with Crippen LogP contribution < -0.4 is 10.4 Å². The maximum absolute atomic E-state index is 13.2. The van der Waals surface area contributed by atoms with Crippen LogP contribution in [0.3, 0.4) is 0 Å². The van der Waals surface area contributed by atoms with Gasteiger partial charge in [0.2, 0.25) is 6.29 Å². The van der Waals surface area contributed by atoms with Gasteiger partial charge in [-0.05, 0) is 42.0 Å². The normalized spacial score (nSPS) is 16.2. The molecule has 3 heterocycles. The summed E-state index contributed by atoms with van der Waals surface area (Å²) in [6, 6.07) is 11.1. The number of para-hydroxylation sites is 2. The summed E-state index contributed by atoms with van der Waals surface area (Å²) in [5.74, 6) is 0.953. The number of ether oxygens (including phenoxy) is 1. The highest BCUT2D eigenvalue weighted by Crippen LogP contribution is 2.45. The van der Waals surface area contributed by atoms with Crippen molar-refractivity contribution in [2.45, 2.75) is 52.7 Å². The van der Waals surface area contributed by atoms with Crippen LogP contribution in [0.15, 0.2) is 50.0 Å². The third kappa shape index (κ3) is 3.09. The molecule has 0 radical (unpaired) electrons. The molecule has 0 saturated carbocycles. The molecule has 33 heavy (non-hydrogen) atoms. The lowest BCUT2D eigenvalue weighted by Crippen LogP contribution is -2.25. The molecule has 1 atom stereocenters. The van der Waals surface area contributed by atoms with Gasteiger partial charge < -0.3 is 23.8 Å². The molecule has 0 spiro atoms. The van der Waals surface area contributed by atoms with Crippen LogP contribution >= 0.6 is 0 Å². The van der Waals surface area contributed by atoms with Gasteiger partial charge in [-0.15, -0.1) is 0 Å². The summed E-state index contributed by atoms with van der Waals surface area (Å²) in [6.45, 7) is 9.77. The lowest BCUT2D eigenvalue weighted by atomic mass is 9.92. The van der Waals surface area contributed by atoms with Crippen molar-refractivity contribution in [3.63, 3.8) is 0 Å². The Bertz CT molecular complexity index is 1500. The first-order valence-electron chi connectivity index (χ1n) is 11.1. The minimum atomic E-state index is -1.48. The van der Waals surface area contributed by atoms with Crippen molar-refractivity contribution < 1.29 is 23.8 Å². The van der Waals surface area contributed by atoms with Crippen LogP contribution in [0.5, 0.6) is 5.75 Å². The van der Waals surface area contributed by atoms with E-state index in [9.17, 15) is 15.0 Å². The zero-order valence-electron chi connectivity index (χ0n) is 19.2. The second-order valence-electron chi connectivity index (χ2n) is 9.12. The monoisotopic (exact) mass is 446 g/mol. The third-order valence-electron chi connectivity index (χ3n) is 6.32. The van der Waals surface area contributed by atoms with E-state index in [0.717, 1.165) is 11.1 Å². The fraction of sp³-hybridized carbons (Fsp3) is 0.296. The summed E-state index contributed by atoms with van der Waals surface area (Å²) in [5.41, 5.74) is 2.88. The molecule has 6 heteroatoms. The van der Waals surface area contributed by atoms with Crippen molar-refractivity contribution in [2.75, 3.05) is 0 Å². The molecule has 1 unspecified atom stereocenters. The summed E-state index contributed by atoms with van der Waals surface area (Å²) in [7, 11) is 0. The van der Waals surface area contributed by atoms with E-state index in [4.69, 9.17) is 13.6 Å². The Morgan fingerprint density at radius 1 is 0.909 bits per heavy atom. The number of hydrogen-bond donors (Lipinski definition) is 2. The Balaban J connectivity index is 1.84. The van der Waals surface area contributed by atoms with Gasteiger partial charge in [0, 0.05) is 5.56 Å². The Morgan fingerprint density at radius 2 is 1.58 bits per heavy atom. The van der Waals surface area contributed by atoms with Gasteiger partial charge in [-0.2, -0.15) is 0 Å². The van der Waals surface area contributed by atoms with Gasteiger partial charge >= 0.3 is 5.63 Å². The van der Waals surface area contributed by atoms with Gasteiger partial charge in [-0.1, -0.05) is 52.0 Å². The van der Waals surface area contributed by atoms with Crippen molar-refractivity contribution >= 4 is 33.3 Å². The van der Waals surface area contributed by atoms with E-state index in [2.05, 4.69) is 0 Å². The highest BCUT2D eigenvalue weighted by atomic mass is 16.6. The number of rotatable bonds is 3. The van der Waals surface area contributed by atoms with Crippen LogP contribution in [0.25, 0.3) is 33.3 Å². The molecule has 0 bridgehead atoms. The maximum atomic E-state index is 13.2. The highest BCUT2D eigenvalue weighted by molar-refractivity contribution is 6.09. The number of hydrogen-bond acceptors (Lipinski definition) is 6. The van der Waals surface area contributed by atoms with Crippen molar-refractivity contribution in [1.82, 2.24) is 0 Å². The molecule has 0 fully saturated rings. The quantitative estimate of drug-likeness (QED) is 0.362. The number of furan rings is 1. The van der Waals surface area contributed by atoms with Gasteiger partial charge in [0.25, 0.3) is 0 Å². The molecule has 2 N–H and O–H groups in total. The molecule has 2 aromatic carbocycles. The Labute approximate surface area is 190 Å². The topological polar surface area (TPSA) is 93.0 Å². The van der Waals surface area contributed by atoms with Gasteiger partial charge in [-0.3, -0.25) is 0 Å². The molecular formula is C27H26O6. The van der Waals surface area contributed by atoms with Crippen LogP contribution in [0, 0.1) is 6.92 Å². The molecule has 1 aliphatic rings. The summed E-state index contributed by atoms with van der Waals surface area (Å²) < 4.78 is 17.7. The van der Waals surface area contributed by atoms with Crippen molar-refractivity contribution in [3.05, 3.63) is 74.8 Å². The van der Waals surface area contributed by atoms with E-state index in [-0.39, 0.29) is 28.6 Å². The minimum absolute atomic E-state index is 0.0892. The third-order valence-corrected chi connectivity index (χ3v) is 6.32. The average Bonchev–Trinajstić information content (AvgIpc) is 3.10. The predicted octanol–water partition coefficient (Wildman–Crippen LogP) is 6.23. The SMILES string of the molecule is Cc1oc2c(c1C1=C(O)c3cccc(C(C)C)c3OC1O)c(=O)oc1c(C(C)C)cccc12. The zero-order valence-corrected chi connectivity index (χ0v) is 19.2. The zero-order chi connectivity index (χ0) is 23.6. The van der Waals surface area contributed by atoms with Crippen LogP contribution in [0.1, 0.15) is 67.5 Å². The van der Waals surface area contributed by atoms with E-state index in [0.29, 0.717) is 39.2 Å². The summed E-state index contributed by atoms with van der Waals surface area (Å²) >= 11 is 0. The lowest BCUT2D eigenvalue weighted by molar-refractivity contribution is 0.0289. The number of fused-ring (bicyclic) bond motifs is 4. The second-order valence-corrected chi connectivity index (χ2v) is 9.12. The number of aliphatic hydroxyl groups excluding tert-OH is 2. The van der Waals surface area contributed by atoms with Gasteiger partial charge in [0.05, 0.1) is 16.5 Å². The Morgan fingerprint density at radius 3 is 2.27 bits per heavy atom. The molecule has 0 amide bonds. The molecule has 5 rings (SSSR count). The van der Waals surface area contributed by atoms with Crippen molar-refractivity contribution in [1.29, 1.82) is 0 Å². The first-order valence-corrected chi connectivity index (χ1v) is 11.1. The van der Waals surface area contributed by atoms with E-state index < -0.39 is 11.9 Å². The summed E-state index contributed by atoms with van der Waals surface area (Å²) in [6.07, 6.45) is -1.48. The molecule has 170 valence electrons. The van der Waals surface area contributed by atoms with Crippen molar-refractivity contribution in [3.8, 4) is 5.75 Å². The number of aryl methyl sites for hydroxylation is 1. The average molecular weight is 446 g/mol. The molecular weight excluding hydrogens is 420 g/mol. The Kier molecular flexibility index (Phi) is 4.87. The summed E-state index contributed by atoms with van der Waals surface area (Å²) in [5, 5.41) is 23.0. The van der Waals surface area contributed by atoms with E-state index in [1.165, 1.54) is 0 Å². The van der Waals surface area contributed by atoms with Crippen LogP contribution in [-0.4, -0.2) is 16.5 Å². The van der Waals surface area contributed by atoms with E-state index in [1.54, 1.807) is 13.0 Å². The predicted molar refractivity (Wildman–Crippen MR) is 128 cm³/mol. The lowest BCUT2D eigenvalue weighted by Gasteiger charge is -2.28. The van der Waals surface area contributed by atoms with Crippen LogP contribution in [0.4, 0.5) is 0 Å². The Hall–Kier alpha value is -3.51. The first kappa shape index (κ1) is 21.3. The first-order chi connectivity index (χ1) is 15.7. The van der Waals surface area contributed by atoms with Crippen LogP contribution in [-0.2, 0) is 0 Å². The van der Waals surface area contributed by atoms with E-state index in [1.807, 2.05) is 58.0 Å². The molecule has 0 aliphatic carbocycles. The second kappa shape index (κ2) is 7.52. The molecule has 1 aliphatic heterocycles. The van der Waals surface area contributed by atoms with E-state index >= 15 is 0 Å². The highest BCUT2D eigenvalue weighted by Gasteiger charge is 2.35. The largest absolute Gasteiger partial charge is 0.507 e. The molecule has 4 aromatic rings. The maximum Gasteiger partial charge on any atom is 0.348 e. The standard InChI is InChI=1S/C27H26O6/c1-12(2)15-8-6-10-17-22(28)20(26(29)32-23(15)17)19-14(5)31-25-18-11-7-9-16(13(3)4)24(18)33-27(30)21(19)25/h6-13,26,28-29H,1-5H3. The molecule has 6 nitrogen and oxygen atoms in total.